The Morgan fingerprint density at radius 3 is 1.57 bits per heavy atom. The molecule has 7 heteroatoms. The topological polar surface area (TPSA) is 0 Å². The van der Waals surface area contributed by atoms with Crippen molar-refractivity contribution in [1.29, 1.82) is 0 Å². The number of hydrogen-bond donors (Lipinski definition) is 0. The summed E-state index contributed by atoms with van der Waals surface area (Å²) in [5.74, 6) is -15.4. The molecule has 0 nitrogen and oxygen atoms in total. The Balaban J connectivity index is 4.92. The molecule has 0 aromatic carbocycles. The van der Waals surface area contributed by atoms with Gasteiger partial charge in [-0.3, -0.25) is 4.39 Å². The van der Waals surface area contributed by atoms with Crippen LogP contribution in [0.5, 0.6) is 0 Å². The number of rotatable bonds is 5. The van der Waals surface area contributed by atoms with Crippen molar-refractivity contribution >= 4 is 0 Å². The van der Waals surface area contributed by atoms with Gasteiger partial charge in [0, 0.05) is 12.8 Å². The van der Waals surface area contributed by atoms with Crippen molar-refractivity contribution < 1.29 is 30.7 Å². The molecular weight excluding hydrogens is 217 g/mol. The lowest BCUT2D eigenvalue weighted by atomic mass is 10.0. The summed E-state index contributed by atoms with van der Waals surface area (Å²) in [5.41, 5.74) is 0. The van der Waals surface area contributed by atoms with Gasteiger partial charge in [-0.15, -0.1) is 0 Å². The van der Waals surface area contributed by atoms with Gasteiger partial charge in [0.2, 0.25) is 0 Å². The summed E-state index contributed by atoms with van der Waals surface area (Å²) >= 11 is 0. The second-order valence-corrected chi connectivity index (χ2v) is 2.78. The Hall–Kier alpha value is -0.490. The van der Waals surface area contributed by atoms with E-state index in [0.29, 0.717) is 6.92 Å². The quantitative estimate of drug-likeness (QED) is 0.627. The molecule has 0 aromatic heterocycles. The fourth-order valence-corrected chi connectivity index (χ4v) is 0.765. The van der Waals surface area contributed by atoms with Crippen molar-refractivity contribution in [2.24, 2.45) is 0 Å². The predicted molar refractivity (Wildman–Crippen MR) is 35.7 cm³/mol. The summed E-state index contributed by atoms with van der Waals surface area (Å²) in [6.07, 6.45) is -3.34. The molecule has 0 fully saturated rings. The van der Waals surface area contributed by atoms with Crippen LogP contribution in [0.2, 0.25) is 0 Å². The zero-order chi connectivity index (χ0) is 11.6. The van der Waals surface area contributed by atoms with E-state index < -0.39 is 37.3 Å². The van der Waals surface area contributed by atoms with Crippen LogP contribution < -0.4 is 0 Å². The second-order valence-electron chi connectivity index (χ2n) is 2.78. The Morgan fingerprint density at radius 2 is 1.29 bits per heavy atom. The molecule has 0 spiro atoms. The Kier molecular flexibility index (Phi) is 3.80. The summed E-state index contributed by atoms with van der Waals surface area (Å²) in [7, 11) is 0. The molecule has 0 aromatic rings. The minimum atomic E-state index is -5.51. The van der Waals surface area contributed by atoms with Gasteiger partial charge in [-0.25, -0.2) is 0 Å². The molecule has 14 heavy (non-hydrogen) atoms. The summed E-state index contributed by atoms with van der Waals surface area (Å²) in [6, 6.07) is 0. The van der Waals surface area contributed by atoms with Gasteiger partial charge in [0.05, 0.1) is 6.67 Å². The van der Waals surface area contributed by atoms with E-state index in [0.717, 1.165) is 0 Å². The fourth-order valence-electron chi connectivity index (χ4n) is 0.765. The highest BCUT2D eigenvalue weighted by molar-refractivity contribution is 4.95. The van der Waals surface area contributed by atoms with Gasteiger partial charge in [0.25, 0.3) is 0 Å². The minimum Gasteiger partial charge on any atom is -0.251 e. The minimum absolute atomic E-state index is 0.652. The molecular formula is C7H9F7. The molecule has 0 aliphatic heterocycles. The van der Waals surface area contributed by atoms with Gasteiger partial charge in [0.1, 0.15) is 0 Å². The lowest BCUT2D eigenvalue weighted by Crippen LogP contribution is -2.53. The third kappa shape index (κ3) is 2.12. The predicted octanol–water partition coefficient (Wildman–Crippen LogP) is 3.66. The molecule has 0 saturated heterocycles. The first-order valence-corrected chi connectivity index (χ1v) is 3.82. The monoisotopic (exact) mass is 226 g/mol. The van der Waals surface area contributed by atoms with Gasteiger partial charge in [-0.1, -0.05) is 6.92 Å². The van der Waals surface area contributed by atoms with Crippen LogP contribution in [0.3, 0.4) is 0 Å². The van der Waals surface area contributed by atoms with Crippen LogP contribution >= 0.6 is 0 Å². The number of hydrogen-bond acceptors (Lipinski definition) is 0. The summed E-state index contributed by atoms with van der Waals surface area (Å²) in [6.45, 7) is -1.12. The fraction of sp³-hybridized carbons (Fsp3) is 1.00. The smallest absolute Gasteiger partial charge is 0.251 e. The zero-order valence-corrected chi connectivity index (χ0v) is 7.27. The lowest BCUT2D eigenvalue weighted by molar-refractivity contribution is -0.311. The molecule has 0 heterocycles. The number of alkyl halides is 7. The first-order valence-electron chi connectivity index (χ1n) is 3.82. The summed E-state index contributed by atoms with van der Waals surface area (Å²) < 4.78 is 86.1. The van der Waals surface area contributed by atoms with Crippen LogP contribution in [-0.2, 0) is 0 Å². The van der Waals surface area contributed by atoms with Crippen LogP contribution in [0.1, 0.15) is 19.8 Å². The molecule has 86 valence electrons. The van der Waals surface area contributed by atoms with E-state index in [9.17, 15) is 30.7 Å². The normalized spacial score (nSPS) is 14.6. The van der Waals surface area contributed by atoms with Gasteiger partial charge in [-0.2, -0.15) is 26.3 Å². The van der Waals surface area contributed by atoms with Gasteiger partial charge < -0.3 is 0 Å². The zero-order valence-electron chi connectivity index (χ0n) is 7.27. The van der Waals surface area contributed by atoms with Crippen LogP contribution in [0.4, 0.5) is 30.7 Å². The Labute approximate surface area is 76.1 Å². The van der Waals surface area contributed by atoms with Gasteiger partial charge in [0.15, 0.2) is 0 Å². The second kappa shape index (κ2) is 3.94. The van der Waals surface area contributed by atoms with Gasteiger partial charge in [-0.05, 0) is 0 Å². The Morgan fingerprint density at radius 1 is 0.857 bits per heavy atom. The molecule has 0 radical (unpaired) electrons. The van der Waals surface area contributed by atoms with Crippen LogP contribution in [0, 0.1) is 0 Å². The Bertz CT molecular complexity index is 186. The van der Waals surface area contributed by atoms with Crippen molar-refractivity contribution in [3.05, 3.63) is 0 Å². The SMILES string of the molecule is CCC(F)(F)C(F)(F)C(F)(F)CCF. The maximum atomic E-state index is 12.5. The van der Waals surface area contributed by atoms with E-state index in [1.807, 2.05) is 0 Å². The number of halogens is 7. The van der Waals surface area contributed by atoms with E-state index in [-0.39, 0.29) is 0 Å². The molecule has 0 rings (SSSR count). The molecule has 0 amide bonds. The maximum absolute atomic E-state index is 12.5. The van der Waals surface area contributed by atoms with Gasteiger partial charge >= 0.3 is 17.8 Å². The van der Waals surface area contributed by atoms with E-state index in [1.165, 1.54) is 0 Å². The lowest BCUT2D eigenvalue weighted by Gasteiger charge is -2.31. The molecule has 0 unspecified atom stereocenters. The largest absolute Gasteiger partial charge is 0.371 e. The average molecular weight is 226 g/mol. The highest BCUT2D eigenvalue weighted by Gasteiger charge is 2.69. The van der Waals surface area contributed by atoms with E-state index in [4.69, 9.17) is 0 Å². The average Bonchev–Trinajstić information content (AvgIpc) is 2.03. The van der Waals surface area contributed by atoms with Crippen molar-refractivity contribution in [3.63, 3.8) is 0 Å². The molecule has 0 bridgehead atoms. The molecule has 0 aliphatic rings. The first-order chi connectivity index (χ1) is 6.12. The van der Waals surface area contributed by atoms with Crippen molar-refractivity contribution in [1.82, 2.24) is 0 Å². The highest BCUT2D eigenvalue weighted by Crippen LogP contribution is 2.48. The first kappa shape index (κ1) is 13.5. The molecule has 0 saturated carbocycles. The summed E-state index contributed by atoms with van der Waals surface area (Å²) in [4.78, 5) is 0. The highest BCUT2D eigenvalue weighted by atomic mass is 19.3. The van der Waals surface area contributed by atoms with Crippen LogP contribution in [-0.4, -0.2) is 24.4 Å². The third-order valence-electron chi connectivity index (χ3n) is 1.77. The molecule has 0 atom stereocenters. The van der Waals surface area contributed by atoms with Crippen LogP contribution in [0.25, 0.3) is 0 Å². The summed E-state index contributed by atoms with van der Waals surface area (Å²) in [5, 5.41) is 0. The standard InChI is InChI=1S/C7H9F7/c1-2-5(9,10)7(13,14)6(11,12)3-4-8/h2-4H2,1H3. The molecule has 0 N–H and O–H groups in total. The molecule has 0 aliphatic carbocycles. The third-order valence-corrected chi connectivity index (χ3v) is 1.77. The van der Waals surface area contributed by atoms with E-state index >= 15 is 0 Å². The van der Waals surface area contributed by atoms with E-state index in [2.05, 4.69) is 0 Å². The van der Waals surface area contributed by atoms with Crippen molar-refractivity contribution in [3.8, 4) is 0 Å². The van der Waals surface area contributed by atoms with Crippen molar-refractivity contribution in [2.45, 2.75) is 37.5 Å². The van der Waals surface area contributed by atoms with Crippen molar-refractivity contribution in [2.75, 3.05) is 6.67 Å². The maximum Gasteiger partial charge on any atom is 0.371 e. The van der Waals surface area contributed by atoms with E-state index in [1.54, 1.807) is 0 Å². The van der Waals surface area contributed by atoms with Crippen LogP contribution in [0.15, 0.2) is 0 Å².